The van der Waals surface area contributed by atoms with Crippen LogP contribution in [0.3, 0.4) is 0 Å². The van der Waals surface area contributed by atoms with Crippen molar-refractivity contribution in [3.8, 4) is 5.75 Å². The quantitative estimate of drug-likeness (QED) is 0.735. The third kappa shape index (κ3) is 6.06. The molecule has 2 unspecified atom stereocenters. The molecule has 0 aliphatic rings. The third-order valence-electron chi connectivity index (χ3n) is 3.64. The van der Waals surface area contributed by atoms with E-state index in [1.165, 1.54) is 5.56 Å². The maximum absolute atomic E-state index is 5.99. The van der Waals surface area contributed by atoms with E-state index in [9.17, 15) is 0 Å². The van der Waals surface area contributed by atoms with Gasteiger partial charge in [-0.15, -0.1) is 0 Å². The van der Waals surface area contributed by atoms with Gasteiger partial charge in [0.05, 0.1) is 19.3 Å². The van der Waals surface area contributed by atoms with Crippen molar-refractivity contribution in [2.75, 3.05) is 13.7 Å². The van der Waals surface area contributed by atoms with E-state index in [0.29, 0.717) is 25.2 Å². The Hall–Kier alpha value is -1.06. The van der Waals surface area contributed by atoms with Crippen molar-refractivity contribution in [3.05, 3.63) is 29.3 Å². The second-order valence-corrected chi connectivity index (χ2v) is 6.06. The Bertz CT molecular complexity index is 418. The van der Waals surface area contributed by atoms with Gasteiger partial charge in [0.2, 0.25) is 0 Å². The summed E-state index contributed by atoms with van der Waals surface area (Å²) in [5.74, 6) is 1.59. The van der Waals surface area contributed by atoms with Crippen molar-refractivity contribution in [1.82, 2.24) is 5.32 Å². The number of rotatable bonds is 9. The number of ether oxygens (including phenoxy) is 2. The first-order chi connectivity index (χ1) is 9.97. The Morgan fingerprint density at radius 1 is 1.14 bits per heavy atom. The minimum atomic E-state index is 0.268. The highest BCUT2D eigenvalue weighted by Gasteiger charge is 2.11. The van der Waals surface area contributed by atoms with E-state index in [1.807, 2.05) is 14.0 Å². The van der Waals surface area contributed by atoms with Crippen LogP contribution in [-0.2, 0) is 11.3 Å². The molecule has 0 bridgehead atoms. The summed E-state index contributed by atoms with van der Waals surface area (Å²) in [5, 5.41) is 3.27. The standard InChI is InChI=1S/C18H31NO2/c1-7-20-18-9-8-16(15(5)19-6)11-17(18)12-21-14(4)10-13(2)3/h8-9,11,13-15,19H,7,10,12H2,1-6H3. The van der Waals surface area contributed by atoms with Gasteiger partial charge in [0.15, 0.2) is 0 Å². The van der Waals surface area contributed by atoms with Crippen molar-refractivity contribution in [2.24, 2.45) is 5.92 Å². The van der Waals surface area contributed by atoms with Gasteiger partial charge in [0, 0.05) is 11.6 Å². The Morgan fingerprint density at radius 3 is 2.43 bits per heavy atom. The van der Waals surface area contributed by atoms with Crippen molar-refractivity contribution < 1.29 is 9.47 Å². The Labute approximate surface area is 130 Å². The molecule has 0 amide bonds. The van der Waals surface area contributed by atoms with Gasteiger partial charge in [-0.2, -0.15) is 0 Å². The number of hydrogen-bond donors (Lipinski definition) is 1. The summed E-state index contributed by atoms with van der Waals surface area (Å²) in [7, 11) is 1.97. The molecule has 120 valence electrons. The molecule has 1 aromatic rings. The molecular formula is C18H31NO2. The number of benzene rings is 1. The second kappa shape index (κ2) is 9.06. The van der Waals surface area contributed by atoms with Gasteiger partial charge in [-0.3, -0.25) is 0 Å². The van der Waals surface area contributed by atoms with E-state index in [4.69, 9.17) is 9.47 Å². The van der Waals surface area contributed by atoms with Gasteiger partial charge in [0.25, 0.3) is 0 Å². The lowest BCUT2D eigenvalue weighted by molar-refractivity contribution is 0.0384. The van der Waals surface area contributed by atoms with Gasteiger partial charge < -0.3 is 14.8 Å². The van der Waals surface area contributed by atoms with Crippen molar-refractivity contribution in [3.63, 3.8) is 0 Å². The third-order valence-corrected chi connectivity index (χ3v) is 3.64. The first-order valence-electron chi connectivity index (χ1n) is 8.02. The fraction of sp³-hybridized carbons (Fsp3) is 0.667. The van der Waals surface area contributed by atoms with Crippen LogP contribution in [0.1, 0.15) is 58.2 Å². The normalized spacial score (nSPS) is 14.2. The highest BCUT2D eigenvalue weighted by molar-refractivity contribution is 5.38. The van der Waals surface area contributed by atoms with Crippen LogP contribution in [-0.4, -0.2) is 19.8 Å². The van der Waals surface area contributed by atoms with Crippen LogP contribution >= 0.6 is 0 Å². The zero-order valence-corrected chi connectivity index (χ0v) is 14.4. The number of nitrogens with one attached hydrogen (secondary N) is 1. The van der Waals surface area contributed by atoms with Gasteiger partial charge in [-0.05, 0) is 57.9 Å². The van der Waals surface area contributed by atoms with E-state index < -0.39 is 0 Å². The highest BCUT2D eigenvalue weighted by Crippen LogP contribution is 2.25. The summed E-state index contributed by atoms with van der Waals surface area (Å²) >= 11 is 0. The molecule has 0 aliphatic heterocycles. The van der Waals surface area contributed by atoms with Gasteiger partial charge in [0.1, 0.15) is 5.75 Å². The molecule has 1 rings (SSSR count). The molecule has 0 fully saturated rings. The molecule has 0 aliphatic carbocycles. The summed E-state index contributed by atoms with van der Waals surface area (Å²) in [5.41, 5.74) is 2.39. The van der Waals surface area contributed by atoms with Crippen LogP contribution in [0.2, 0.25) is 0 Å². The largest absolute Gasteiger partial charge is 0.494 e. The highest BCUT2D eigenvalue weighted by atomic mass is 16.5. The predicted octanol–water partition coefficient (Wildman–Crippen LogP) is 4.32. The predicted molar refractivity (Wildman–Crippen MR) is 88.8 cm³/mol. The molecule has 21 heavy (non-hydrogen) atoms. The van der Waals surface area contributed by atoms with Gasteiger partial charge in [-0.25, -0.2) is 0 Å². The minimum Gasteiger partial charge on any atom is -0.494 e. The molecule has 0 heterocycles. The average molecular weight is 293 g/mol. The van der Waals surface area contributed by atoms with E-state index in [2.05, 4.69) is 51.2 Å². The van der Waals surface area contributed by atoms with Crippen LogP contribution in [0.15, 0.2) is 18.2 Å². The van der Waals surface area contributed by atoms with Crippen LogP contribution in [0.4, 0.5) is 0 Å². The van der Waals surface area contributed by atoms with Crippen LogP contribution in [0.25, 0.3) is 0 Å². The Balaban J connectivity index is 2.80. The zero-order chi connectivity index (χ0) is 15.8. The summed E-state index contributed by atoms with van der Waals surface area (Å²) in [6.45, 7) is 12.0. The van der Waals surface area contributed by atoms with Crippen LogP contribution < -0.4 is 10.1 Å². The molecule has 3 heteroatoms. The molecule has 1 aromatic carbocycles. The average Bonchev–Trinajstić information content (AvgIpc) is 2.45. The summed E-state index contributed by atoms with van der Waals surface area (Å²) in [6, 6.07) is 6.69. The van der Waals surface area contributed by atoms with Crippen molar-refractivity contribution in [2.45, 2.75) is 59.8 Å². The molecule has 0 radical (unpaired) electrons. The summed E-state index contributed by atoms with van der Waals surface area (Å²) in [4.78, 5) is 0. The van der Waals surface area contributed by atoms with E-state index in [0.717, 1.165) is 17.7 Å². The van der Waals surface area contributed by atoms with Crippen LogP contribution in [0.5, 0.6) is 5.75 Å². The van der Waals surface area contributed by atoms with Crippen molar-refractivity contribution in [1.29, 1.82) is 0 Å². The molecule has 3 nitrogen and oxygen atoms in total. The number of hydrogen-bond acceptors (Lipinski definition) is 3. The van der Waals surface area contributed by atoms with Crippen LogP contribution in [0, 0.1) is 5.92 Å². The fourth-order valence-electron chi connectivity index (χ4n) is 2.41. The first-order valence-corrected chi connectivity index (χ1v) is 8.02. The first kappa shape index (κ1) is 18.0. The van der Waals surface area contributed by atoms with E-state index >= 15 is 0 Å². The van der Waals surface area contributed by atoms with Gasteiger partial charge in [-0.1, -0.05) is 19.9 Å². The molecule has 1 N–H and O–H groups in total. The SMILES string of the molecule is CCOc1ccc(C(C)NC)cc1COC(C)CC(C)C. The monoisotopic (exact) mass is 293 g/mol. The Morgan fingerprint density at radius 2 is 1.86 bits per heavy atom. The second-order valence-electron chi connectivity index (χ2n) is 6.06. The maximum Gasteiger partial charge on any atom is 0.124 e. The van der Waals surface area contributed by atoms with E-state index in [1.54, 1.807) is 0 Å². The summed E-state index contributed by atoms with van der Waals surface area (Å²) < 4.78 is 11.7. The zero-order valence-electron chi connectivity index (χ0n) is 14.4. The van der Waals surface area contributed by atoms with E-state index in [-0.39, 0.29) is 6.10 Å². The molecule has 0 saturated carbocycles. The lowest BCUT2D eigenvalue weighted by Crippen LogP contribution is -2.14. The molecule has 0 aromatic heterocycles. The van der Waals surface area contributed by atoms with Crippen molar-refractivity contribution >= 4 is 0 Å². The maximum atomic E-state index is 5.99. The Kier molecular flexibility index (Phi) is 7.76. The molecular weight excluding hydrogens is 262 g/mol. The fourth-order valence-corrected chi connectivity index (χ4v) is 2.41. The van der Waals surface area contributed by atoms with Gasteiger partial charge >= 0.3 is 0 Å². The molecule has 0 spiro atoms. The lowest BCUT2D eigenvalue weighted by atomic mass is 10.0. The topological polar surface area (TPSA) is 30.5 Å². The minimum absolute atomic E-state index is 0.268. The smallest absolute Gasteiger partial charge is 0.124 e. The molecule has 0 saturated heterocycles. The molecule has 2 atom stereocenters. The summed E-state index contributed by atoms with van der Waals surface area (Å²) in [6.07, 6.45) is 1.35. The lowest BCUT2D eigenvalue weighted by Gasteiger charge is -2.19.